The highest BCUT2D eigenvalue weighted by molar-refractivity contribution is 5.98. The summed E-state index contributed by atoms with van der Waals surface area (Å²) in [6, 6.07) is 1.77. The topological polar surface area (TPSA) is 62.0 Å². The lowest BCUT2D eigenvalue weighted by Crippen LogP contribution is -2.21. The van der Waals surface area contributed by atoms with E-state index in [-0.39, 0.29) is 11.5 Å². The fraction of sp³-hybridized carbons (Fsp3) is 0.333. The number of aromatic amines is 1. The van der Waals surface area contributed by atoms with Crippen LogP contribution in [0.25, 0.3) is 0 Å². The SMILES string of the molecule is C=CC(=O)Nc1cc2c([nH]c1=O)CCCC2. The number of carbonyl (C=O) groups excluding carboxylic acids is 1. The molecule has 1 aliphatic carbocycles. The summed E-state index contributed by atoms with van der Waals surface area (Å²) in [6.45, 7) is 3.35. The van der Waals surface area contributed by atoms with Gasteiger partial charge in [0.1, 0.15) is 5.69 Å². The number of pyridine rings is 1. The quantitative estimate of drug-likeness (QED) is 0.736. The van der Waals surface area contributed by atoms with Crippen LogP contribution in [0.4, 0.5) is 5.69 Å². The van der Waals surface area contributed by atoms with Gasteiger partial charge in [0.15, 0.2) is 0 Å². The third-order valence-corrected chi connectivity index (χ3v) is 2.78. The van der Waals surface area contributed by atoms with Gasteiger partial charge >= 0.3 is 0 Å². The fourth-order valence-electron chi connectivity index (χ4n) is 1.95. The number of anilines is 1. The van der Waals surface area contributed by atoms with Gasteiger partial charge in [-0.15, -0.1) is 0 Å². The van der Waals surface area contributed by atoms with Crippen LogP contribution in [0.3, 0.4) is 0 Å². The van der Waals surface area contributed by atoms with Crippen molar-refractivity contribution in [1.82, 2.24) is 4.98 Å². The zero-order chi connectivity index (χ0) is 11.5. The van der Waals surface area contributed by atoms with Crippen molar-refractivity contribution < 1.29 is 4.79 Å². The molecule has 0 unspecified atom stereocenters. The first-order chi connectivity index (χ1) is 7.70. The molecule has 0 radical (unpaired) electrons. The van der Waals surface area contributed by atoms with Crippen LogP contribution in [-0.4, -0.2) is 10.9 Å². The molecule has 0 bridgehead atoms. The molecule has 0 atom stereocenters. The molecule has 1 aromatic heterocycles. The number of nitrogens with one attached hydrogen (secondary N) is 2. The number of hydrogen-bond acceptors (Lipinski definition) is 2. The van der Waals surface area contributed by atoms with Crippen molar-refractivity contribution in [3.8, 4) is 0 Å². The zero-order valence-corrected chi connectivity index (χ0v) is 9.01. The number of amides is 1. The molecule has 0 fully saturated rings. The zero-order valence-electron chi connectivity index (χ0n) is 9.01. The van der Waals surface area contributed by atoms with Crippen LogP contribution in [0.15, 0.2) is 23.5 Å². The summed E-state index contributed by atoms with van der Waals surface area (Å²) in [5.74, 6) is -0.360. The van der Waals surface area contributed by atoms with E-state index in [1.54, 1.807) is 6.07 Å². The Balaban J connectivity index is 2.36. The minimum Gasteiger partial charge on any atom is -0.324 e. The van der Waals surface area contributed by atoms with Crippen LogP contribution < -0.4 is 10.9 Å². The van der Waals surface area contributed by atoms with Crippen molar-refractivity contribution >= 4 is 11.6 Å². The Labute approximate surface area is 93.4 Å². The second-order valence-corrected chi connectivity index (χ2v) is 3.92. The Bertz CT molecular complexity index is 488. The minimum atomic E-state index is -0.360. The van der Waals surface area contributed by atoms with Gasteiger partial charge in [0.05, 0.1) is 0 Å². The number of H-pyrrole nitrogens is 1. The lowest BCUT2D eigenvalue weighted by atomic mass is 9.96. The summed E-state index contributed by atoms with van der Waals surface area (Å²) in [7, 11) is 0. The first-order valence-corrected chi connectivity index (χ1v) is 5.39. The number of hydrogen-bond donors (Lipinski definition) is 2. The van der Waals surface area contributed by atoms with E-state index in [2.05, 4.69) is 16.9 Å². The van der Waals surface area contributed by atoms with Crippen LogP contribution in [0.5, 0.6) is 0 Å². The Kier molecular flexibility index (Phi) is 2.90. The molecule has 0 saturated heterocycles. The molecule has 2 N–H and O–H groups in total. The summed E-state index contributed by atoms with van der Waals surface area (Å²) in [4.78, 5) is 25.6. The van der Waals surface area contributed by atoms with Gasteiger partial charge in [-0.05, 0) is 43.4 Å². The van der Waals surface area contributed by atoms with Gasteiger partial charge in [-0.1, -0.05) is 6.58 Å². The maximum Gasteiger partial charge on any atom is 0.271 e. The molecule has 0 spiro atoms. The molecule has 1 amide bonds. The largest absolute Gasteiger partial charge is 0.324 e. The van der Waals surface area contributed by atoms with Crippen molar-refractivity contribution in [2.45, 2.75) is 25.7 Å². The van der Waals surface area contributed by atoms with E-state index in [0.717, 1.165) is 43.0 Å². The van der Waals surface area contributed by atoms with Gasteiger partial charge in [-0.3, -0.25) is 9.59 Å². The lowest BCUT2D eigenvalue weighted by Gasteiger charge is -2.15. The van der Waals surface area contributed by atoms with Crippen molar-refractivity contribution in [3.63, 3.8) is 0 Å². The minimum absolute atomic E-state index is 0.240. The molecule has 4 heteroatoms. The molecule has 1 aliphatic rings. The second-order valence-electron chi connectivity index (χ2n) is 3.92. The van der Waals surface area contributed by atoms with Gasteiger partial charge in [0, 0.05) is 5.69 Å². The Morgan fingerprint density at radius 2 is 2.19 bits per heavy atom. The highest BCUT2D eigenvalue weighted by Gasteiger charge is 2.13. The summed E-state index contributed by atoms with van der Waals surface area (Å²) < 4.78 is 0. The van der Waals surface area contributed by atoms with Gasteiger partial charge in [0.2, 0.25) is 5.91 Å². The monoisotopic (exact) mass is 218 g/mol. The van der Waals surface area contributed by atoms with E-state index >= 15 is 0 Å². The molecule has 0 aliphatic heterocycles. The third kappa shape index (κ3) is 2.05. The summed E-state index contributed by atoms with van der Waals surface area (Å²) in [5, 5.41) is 2.51. The Hall–Kier alpha value is -1.84. The highest BCUT2D eigenvalue weighted by Crippen LogP contribution is 2.19. The average molecular weight is 218 g/mol. The molecular weight excluding hydrogens is 204 g/mol. The molecular formula is C12H14N2O2. The smallest absolute Gasteiger partial charge is 0.271 e. The van der Waals surface area contributed by atoms with Crippen LogP contribution >= 0.6 is 0 Å². The van der Waals surface area contributed by atoms with Crippen LogP contribution in [-0.2, 0) is 17.6 Å². The van der Waals surface area contributed by atoms with Gasteiger partial charge in [0.25, 0.3) is 5.56 Å². The maximum absolute atomic E-state index is 11.6. The number of aromatic nitrogens is 1. The maximum atomic E-state index is 11.6. The van der Waals surface area contributed by atoms with E-state index in [1.807, 2.05) is 0 Å². The molecule has 16 heavy (non-hydrogen) atoms. The number of carbonyl (C=O) groups is 1. The van der Waals surface area contributed by atoms with Gasteiger partial charge in [-0.2, -0.15) is 0 Å². The van der Waals surface area contributed by atoms with Crippen LogP contribution in [0.1, 0.15) is 24.1 Å². The first kappa shape index (κ1) is 10.7. The predicted octanol–water partition coefficient (Wildman–Crippen LogP) is 1.38. The van der Waals surface area contributed by atoms with Crippen molar-refractivity contribution in [1.29, 1.82) is 0 Å². The third-order valence-electron chi connectivity index (χ3n) is 2.78. The normalized spacial score (nSPS) is 14.0. The molecule has 1 aromatic rings. The number of rotatable bonds is 2. The fourth-order valence-corrected chi connectivity index (χ4v) is 1.95. The molecule has 2 rings (SSSR count). The van der Waals surface area contributed by atoms with Crippen molar-refractivity contribution in [3.05, 3.63) is 40.3 Å². The summed E-state index contributed by atoms with van der Waals surface area (Å²) in [6.07, 6.45) is 5.28. The number of fused-ring (bicyclic) bond motifs is 1. The van der Waals surface area contributed by atoms with Crippen molar-refractivity contribution in [2.75, 3.05) is 5.32 Å². The standard InChI is InChI=1S/C12H14N2O2/c1-2-11(15)13-10-7-8-5-3-4-6-9(8)14-12(10)16/h2,7H,1,3-6H2,(H,13,15)(H,14,16). The van der Waals surface area contributed by atoms with Gasteiger partial charge in [-0.25, -0.2) is 0 Å². The molecule has 0 saturated carbocycles. The van der Waals surface area contributed by atoms with Gasteiger partial charge < -0.3 is 10.3 Å². The average Bonchev–Trinajstić information content (AvgIpc) is 2.30. The lowest BCUT2D eigenvalue weighted by molar-refractivity contribution is -0.111. The molecule has 4 nitrogen and oxygen atoms in total. The molecule has 84 valence electrons. The molecule has 1 heterocycles. The predicted molar refractivity (Wildman–Crippen MR) is 62.5 cm³/mol. The van der Waals surface area contributed by atoms with E-state index in [1.165, 1.54) is 0 Å². The molecule has 0 aromatic carbocycles. The Morgan fingerprint density at radius 3 is 2.94 bits per heavy atom. The Morgan fingerprint density at radius 1 is 1.44 bits per heavy atom. The summed E-state index contributed by atoms with van der Waals surface area (Å²) >= 11 is 0. The van der Waals surface area contributed by atoms with Crippen molar-refractivity contribution in [2.24, 2.45) is 0 Å². The van der Waals surface area contributed by atoms with E-state index in [0.29, 0.717) is 5.69 Å². The van der Waals surface area contributed by atoms with E-state index in [4.69, 9.17) is 0 Å². The highest BCUT2D eigenvalue weighted by atomic mass is 16.2. The van der Waals surface area contributed by atoms with Crippen LogP contribution in [0, 0.1) is 0 Å². The first-order valence-electron chi connectivity index (χ1n) is 5.39. The number of aryl methyl sites for hydroxylation is 2. The summed E-state index contributed by atoms with van der Waals surface area (Å²) in [5.41, 5.74) is 2.21. The second kappa shape index (κ2) is 4.35. The van der Waals surface area contributed by atoms with Crippen LogP contribution in [0.2, 0.25) is 0 Å². The van der Waals surface area contributed by atoms with E-state index < -0.39 is 0 Å². The van der Waals surface area contributed by atoms with E-state index in [9.17, 15) is 9.59 Å².